The molecule has 0 saturated heterocycles. The second-order valence-electron chi connectivity index (χ2n) is 3.75. The maximum absolute atomic E-state index is 10.5. The van der Waals surface area contributed by atoms with E-state index in [1.807, 2.05) is 60.7 Å². The Bertz CT molecular complexity index is 403. The Morgan fingerprint density at radius 2 is 1.12 bits per heavy atom. The topological polar surface area (TPSA) is 40.5 Å². The van der Waals surface area contributed by atoms with Crippen molar-refractivity contribution in [2.45, 2.75) is 5.60 Å². The minimum atomic E-state index is -1.32. The summed E-state index contributed by atoms with van der Waals surface area (Å²) in [7, 11) is 0. The number of hydrogen-bond donors (Lipinski definition) is 2. The van der Waals surface area contributed by atoms with Crippen LogP contribution in [-0.2, 0) is 5.60 Å². The van der Waals surface area contributed by atoms with Crippen molar-refractivity contribution in [3.8, 4) is 0 Å². The minimum absolute atomic E-state index is 0. The fraction of sp³-hybridized carbons (Fsp3) is 0.143. The van der Waals surface area contributed by atoms with E-state index in [-0.39, 0.29) is 19.0 Å². The largest absolute Gasteiger partial charge is 0.393 e. The average Bonchev–Trinajstić information content (AvgIpc) is 2.40. The maximum atomic E-state index is 10.5. The molecule has 0 aliphatic carbocycles. The van der Waals surface area contributed by atoms with E-state index < -0.39 is 5.60 Å². The van der Waals surface area contributed by atoms with E-state index in [1.54, 1.807) is 0 Å². The summed E-state index contributed by atoms with van der Waals surface area (Å²) in [6.45, 7) is -0.332. The SMILES string of the molecule is Cl.OCC(O)(c1ccccc1)c1ccccc1. The Morgan fingerprint density at radius 3 is 1.41 bits per heavy atom. The van der Waals surface area contributed by atoms with Gasteiger partial charge in [-0.2, -0.15) is 0 Å². The van der Waals surface area contributed by atoms with Crippen molar-refractivity contribution in [3.63, 3.8) is 0 Å². The summed E-state index contributed by atoms with van der Waals surface area (Å²) in [5.41, 5.74) is 0.0788. The van der Waals surface area contributed by atoms with Crippen molar-refractivity contribution in [1.29, 1.82) is 0 Å². The lowest BCUT2D eigenvalue weighted by molar-refractivity contribution is 0.0173. The summed E-state index contributed by atoms with van der Waals surface area (Å²) in [4.78, 5) is 0. The molecular formula is C14H15ClO2. The van der Waals surface area contributed by atoms with Crippen LogP contribution in [0.3, 0.4) is 0 Å². The zero-order valence-corrected chi connectivity index (χ0v) is 10.1. The summed E-state index contributed by atoms with van der Waals surface area (Å²) in [6, 6.07) is 18.4. The average molecular weight is 251 g/mol. The lowest BCUT2D eigenvalue weighted by Crippen LogP contribution is -2.31. The molecule has 2 aromatic rings. The van der Waals surface area contributed by atoms with Gasteiger partial charge in [0, 0.05) is 0 Å². The molecule has 2 nitrogen and oxygen atoms in total. The molecular weight excluding hydrogens is 236 g/mol. The van der Waals surface area contributed by atoms with Gasteiger partial charge < -0.3 is 10.2 Å². The van der Waals surface area contributed by atoms with Crippen LogP contribution in [0.2, 0.25) is 0 Å². The van der Waals surface area contributed by atoms with Crippen molar-refractivity contribution >= 4 is 12.4 Å². The third-order valence-corrected chi connectivity index (χ3v) is 2.73. The van der Waals surface area contributed by atoms with Crippen molar-refractivity contribution in [3.05, 3.63) is 71.8 Å². The smallest absolute Gasteiger partial charge is 0.138 e. The molecule has 0 heterocycles. The summed E-state index contributed by atoms with van der Waals surface area (Å²) in [6.07, 6.45) is 0. The number of aliphatic hydroxyl groups is 2. The van der Waals surface area contributed by atoms with Crippen molar-refractivity contribution in [2.24, 2.45) is 0 Å². The molecule has 3 heteroatoms. The number of rotatable bonds is 3. The Kier molecular flexibility index (Phi) is 4.70. The van der Waals surface area contributed by atoms with Gasteiger partial charge in [0.15, 0.2) is 0 Å². The first-order valence-electron chi connectivity index (χ1n) is 5.21. The molecule has 0 aliphatic heterocycles. The molecule has 0 aliphatic rings. The molecule has 0 amide bonds. The second kappa shape index (κ2) is 5.82. The highest BCUT2D eigenvalue weighted by atomic mass is 35.5. The zero-order chi connectivity index (χ0) is 11.4. The van der Waals surface area contributed by atoms with Crippen molar-refractivity contribution in [2.75, 3.05) is 6.61 Å². The first-order valence-corrected chi connectivity index (χ1v) is 5.21. The first kappa shape index (κ1) is 13.7. The molecule has 90 valence electrons. The van der Waals surface area contributed by atoms with E-state index in [0.29, 0.717) is 11.1 Å². The van der Waals surface area contributed by atoms with E-state index in [9.17, 15) is 10.2 Å². The van der Waals surface area contributed by atoms with E-state index in [2.05, 4.69) is 0 Å². The highest BCUT2D eigenvalue weighted by Crippen LogP contribution is 2.28. The minimum Gasteiger partial charge on any atom is -0.393 e. The molecule has 0 atom stereocenters. The molecule has 17 heavy (non-hydrogen) atoms. The van der Waals surface area contributed by atoms with E-state index in [4.69, 9.17) is 0 Å². The van der Waals surface area contributed by atoms with Crippen molar-refractivity contribution < 1.29 is 10.2 Å². The number of hydrogen-bond acceptors (Lipinski definition) is 2. The molecule has 2 N–H and O–H groups in total. The number of halogens is 1. The van der Waals surface area contributed by atoms with Gasteiger partial charge in [-0.15, -0.1) is 12.4 Å². The maximum Gasteiger partial charge on any atom is 0.138 e. The van der Waals surface area contributed by atoms with Gasteiger partial charge in [0.2, 0.25) is 0 Å². The van der Waals surface area contributed by atoms with Gasteiger partial charge in [0.1, 0.15) is 5.60 Å². The molecule has 2 aromatic carbocycles. The fourth-order valence-corrected chi connectivity index (χ4v) is 1.78. The van der Waals surface area contributed by atoms with Gasteiger partial charge in [-0.05, 0) is 11.1 Å². The van der Waals surface area contributed by atoms with Crippen molar-refractivity contribution in [1.82, 2.24) is 0 Å². The molecule has 0 fully saturated rings. The third kappa shape index (κ3) is 2.67. The quantitative estimate of drug-likeness (QED) is 0.878. The molecule has 0 aromatic heterocycles. The Morgan fingerprint density at radius 1 is 0.765 bits per heavy atom. The molecule has 2 rings (SSSR count). The van der Waals surface area contributed by atoms with E-state index in [0.717, 1.165) is 0 Å². The van der Waals surface area contributed by atoms with Crippen LogP contribution < -0.4 is 0 Å². The van der Waals surface area contributed by atoms with Gasteiger partial charge in [0.05, 0.1) is 6.61 Å². The summed E-state index contributed by atoms with van der Waals surface area (Å²) in [5, 5.41) is 20.0. The Balaban J connectivity index is 0.00000144. The van der Waals surface area contributed by atoms with Gasteiger partial charge >= 0.3 is 0 Å². The van der Waals surface area contributed by atoms with Crippen LogP contribution in [-0.4, -0.2) is 16.8 Å². The zero-order valence-electron chi connectivity index (χ0n) is 9.28. The highest BCUT2D eigenvalue weighted by molar-refractivity contribution is 5.85. The van der Waals surface area contributed by atoms with Crippen LogP contribution in [0, 0.1) is 0 Å². The van der Waals surface area contributed by atoms with E-state index >= 15 is 0 Å². The van der Waals surface area contributed by atoms with Gasteiger partial charge in [-0.1, -0.05) is 60.7 Å². The highest BCUT2D eigenvalue weighted by Gasteiger charge is 2.30. The monoisotopic (exact) mass is 250 g/mol. The summed E-state index contributed by atoms with van der Waals surface area (Å²) < 4.78 is 0. The van der Waals surface area contributed by atoms with E-state index in [1.165, 1.54) is 0 Å². The van der Waals surface area contributed by atoms with Crippen LogP contribution in [0.5, 0.6) is 0 Å². The molecule has 0 unspecified atom stereocenters. The molecule has 0 spiro atoms. The van der Waals surface area contributed by atoms with Crippen LogP contribution in [0.25, 0.3) is 0 Å². The standard InChI is InChI=1S/C14H14O2.ClH/c15-11-14(16,12-7-3-1-4-8-12)13-9-5-2-6-10-13;/h1-10,15-16H,11H2;1H. The van der Waals surface area contributed by atoms with Crippen LogP contribution in [0.15, 0.2) is 60.7 Å². The molecule has 0 radical (unpaired) electrons. The predicted octanol–water partition coefficient (Wildman–Crippen LogP) is 2.34. The second-order valence-corrected chi connectivity index (χ2v) is 3.75. The predicted molar refractivity (Wildman–Crippen MR) is 70.2 cm³/mol. The fourth-order valence-electron chi connectivity index (χ4n) is 1.78. The van der Waals surface area contributed by atoms with Gasteiger partial charge in [-0.3, -0.25) is 0 Å². The van der Waals surface area contributed by atoms with Crippen LogP contribution in [0.4, 0.5) is 0 Å². The molecule has 0 bridgehead atoms. The van der Waals surface area contributed by atoms with Gasteiger partial charge in [0.25, 0.3) is 0 Å². The normalized spacial score (nSPS) is 10.7. The summed E-state index contributed by atoms with van der Waals surface area (Å²) in [5.74, 6) is 0. The third-order valence-electron chi connectivity index (χ3n) is 2.73. The van der Waals surface area contributed by atoms with Crippen LogP contribution >= 0.6 is 12.4 Å². The number of benzene rings is 2. The first-order chi connectivity index (χ1) is 7.77. The lowest BCUT2D eigenvalue weighted by Gasteiger charge is -2.26. The lowest BCUT2D eigenvalue weighted by atomic mass is 9.87. The van der Waals surface area contributed by atoms with Crippen LogP contribution in [0.1, 0.15) is 11.1 Å². The summed E-state index contributed by atoms with van der Waals surface area (Å²) >= 11 is 0. The van der Waals surface area contributed by atoms with Gasteiger partial charge in [-0.25, -0.2) is 0 Å². The molecule has 0 saturated carbocycles. The Hall–Kier alpha value is -1.35. The number of aliphatic hydroxyl groups excluding tert-OH is 1. The Labute approximate surface area is 107 Å².